The third kappa shape index (κ3) is 3.62. The largest absolute Gasteiger partial charge is 0.444 e. The minimum Gasteiger partial charge on any atom is -0.444 e. The maximum Gasteiger partial charge on any atom is 0.410 e. The fourth-order valence-corrected chi connectivity index (χ4v) is 2.31. The number of rotatable bonds is 1. The van der Waals surface area contributed by atoms with Gasteiger partial charge in [0.2, 0.25) is 0 Å². The molecule has 1 aromatic rings. The summed E-state index contributed by atoms with van der Waals surface area (Å²) in [6, 6.07) is 6.12. The summed E-state index contributed by atoms with van der Waals surface area (Å²) < 4.78 is 5.42. The fraction of sp³-hybridized carbons (Fsp3) is 0.600. The molecule has 2 rings (SSSR count). The van der Waals surface area contributed by atoms with Crippen LogP contribution in [0.1, 0.15) is 27.7 Å². The molecule has 0 N–H and O–H groups in total. The number of aromatic nitrogens is 1. The number of anilines is 1. The molecule has 1 saturated heterocycles. The number of carbonyl (C=O) groups excluding carboxylic acids is 1. The maximum absolute atomic E-state index is 12.1. The lowest BCUT2D eigenvalue weighted by Crippen LogP contribution is -2.54. The number of nitrogens with zero attached hydrogens (tertiary/aromatic N) is 3. The van der Waals surface area contributed by atoms with Crippen LogP contribution >= 0.6 is 0 Å². The number of pyridine rings is 1. The topological polar surface area (TPSA) is 45.7 Å². The Morgan fingerprint density at radius 2 is 2.10 bits per heavy atom. The summed E-state index contributed by atoms with van der Waals surface area (Å²) in [7, 11) is 0. The van der Waals surface area contributed by atoms with Crippen LogP contribution in [0.4, 0.5) is 10.6 Å². The van der Waals surface area contributed by atoms with Gasteiger partial charge in [-0.15, -0.1) is 0 Å². The van der Waals surface area contributed by atoms with E-state index in [-0.39, 0.29) is 12.1 Å². The predicted octanol–water partition coefficient (Wildman–Crippen LogP) is 2.53. The van der Waals surface area contributed by atoms with E-state index in [0.717, 1.165) is 12.4 Å². The molecule has 20 heavy (non-hydrogen) atoms. The van der Waals surface area contributed by atoms with Gasteiger partial charge >= 0.3 is 6.09 Å². The second-order valence-corrected chi connectivity index (χ2v) is 6.16. The lowest BCUT2D eigenvalue weighted by molar-refractivity contribution is 0.0218. The summed E-state index contributed by atoms with van der Waals surface area (Å²) in [6.45, 7) is 9.86. The van der Waals surface area contributed by atoms with Crippen molar-refractivity contribution in [3.63, 3.8) is 0 Å². The van der Waals surface area contributed by atoms with Gasteiger partial charge in [-0.2, -0.15) is 0 Å². The van der Waals surface area contributed by atoms with Gasteiger partial charge in [-0.05, 0) is 39.8 Å². The molecule has 0 aromatic carbocycles. The molecule has 1 atom stereocenters. The molecular formula is C15H23N3O2. The molecule has 0 radical (unpaired) electrons. The highest BCUT2D eigenvalue weighted by Gasteiger charge is 2.30. The first-order valence-corrected chi connectivity index (χ1v) is 7.02. The molecule has 1 amide bonds. The van der Waals surface area contributed by atoms with Crippen molar-refractivity contribution < 1.29 is 9.53 Å². The van der Waals surface area contributed by atoms with Crippen LogP contribution in [0.25, 0.3) is 0 Å². The van der Waals surface area contributed by atoms with Gasteiger partial charge in [-0.3, -0.25) is 0 Å². The van der Waals surface area contributed by atoms with Gasteiger partial charge in [0.1, 0.15) is 11.4 Å². The van der Waals surface area contributed by atoms with Crippen LogP contribution in [-0.4, -0.2) is 47.3 Å². The smallest absolute Gasteiger partial charge is 0.410 e. The number of amides is 1. The van der Waals surface area contributed by atoms with E-state index < -0.39 is 5.60 Å². The van der Waals surface area contributed by atoms with Gasteiger partial charge in [0.05, 0.1) is 0 Å². The Balaban J connectivity index is 1.97. The van der Waals surface area contributed by atoms with Crippen LogP contribution in [-0.2, 0) is 4.74 Å². The zero-order chi connectivity index (χ0) is 14.8. The highest BCUT2D eigenvalue weighted by Crippen LogP contribution is 2.19. The molecule has 0 bridgehead atoms. The van der Waals surface area contributed by atoms with Crippen LogP contribution in [0.3, 0.4) is 0 Å². The first-order chi connectivity index (χ1) is 9.37. The molecule has 5 nitrogen and oxygen atoms in total. The molecule has 2 heterocycles. The Bertz CT molecular complexity index is 456. The number of ether oxygens (including phenoxy) is 1. The van der Waals surface area contributed by atoms with E-state index >= 15 is 0 Å². The summed E-state index contributed by atoms with van der Waals surface area (Å²) in [6.07, 6.45) is 1.56. The Labute approximate surface area is 120 Å². The number of hydrogen-bond donors (Lipinski definition) is 0. The molecule has 0 spiro atoms. The van der Waals surface area contributed by atoms with E-state index in [9.17, 15) is 4.79 Å². The van der Waals surface area contributed by atoms with E-state index in [4.69, 9.17) is 4.74 Å². The predicted molar refractivity (Wildman–Crippen MR) is 78.9 cm³/mol. The molecule has 0 aliphatic carbocycles. The van der Waals surface area contributed by atoms with Gasteiger partial charge in [0, 0.05) is 31.9 Å². The summed E-state index contributed by atoms with van der Waals surface area (Å²) in [4.78, 5) is 20.4. The Morgan fingerprint density at radius 1 is 1.35 bits per heavy atom. The number of piperazine rings is 1. The van der Waals surface area contributed by atoms with Crippen molar-refractivity contribution in [2.24, 2.45) is 0 Å². The van der Waals surface area contributed by atoms with Crippen LogP contribution in [0, 0.1) is 0 Å². The summed E-state index contributed by atoms with van der Waals surface area (Å²) >= 11 is 0. The quantitative estimate of drug-likeness (QED) is 0.791. The van der Waals surface area contributed by atoms with Crippen LogP contribution in [0.5, 0.6) is 0 Å². The average molecular weight is 277 g/mol. The van der Waals surface area contributed by atoms with Crippen molar-refractivity contribution in [2.45, 2.75) is 39.3 Å². The third-order valence-electron chi connectivity index (χ3n) is 3.22. The van der Waals surface area contributed by atoms with Crippen molar-refractivity contribution in [2.75, 3.05) is 24.5 Å². The van der Waals surface area contributed by atoms with Crippen LogP contribution < -0.4 is 4.90 Å². The molecule has 5 heteroatoms. The van der Waals surface area contributed by atoms with Gasteiger partial charge in [-0.1, -0.05) is 6.07 Å². The van der Waals surface area contributed by atoms with Crippen molar-refractivity contribution in [1.82, 2.24) is 9.88 Å². The van der Waals surface area contributed by atoms with E-state index in [2.05, 4.69) is 16.8 Å². The van der Waals surface area contributed by atoms with Crippen LogP contribution in [0.15, 0.2) is 24.4 Å². The minimum atomic E-state index is -0.446. The van der Waals surface area contributed by atoms with Crippen molar-refractivity contribution in [1.29, 1.82) is 0 Å². The second kappa shape index (κ2) is 5.69. The van der Waals surface area contributed by atoms with Crippen molar-refractivity contribution >= 4 is 11.9 Å². The highest BCUT2D eigenvalue weighted by molar-refractivity contribution is 5.68. The van der Waals surface area contributed by atoms with Gasteiger partial charge in [0.25, 0.3) is 0 Å². The molecule has 1 unspecified atom stereocenters. The SMILES string of the molecule is CC1CN(C(=O)OC(C)(C)C)CCN1c1ccccn1. The normalized spacial score (nSPS) is 19.9. The fourth-order valence-electron chi connectivity index (χ4n) is 2.31. The Kier molecular flexibility index (Phi) is 4.16. The maximum atomic E-state index is 12.1. The van der Waals surface area contributed by atoms with Crippen LogP contribution in [0.2, 0.25) is 0 Å². The first-order valence-electron chi connectivity index (χ1n) is 7.02. The lowest BCUT2D eigenvalue weighted by atomic mass is 10.2. The number of hydrogen-bond acceptors (Lipinski definition) is 4. The average Bonchev–Trinajstić information content (AvgIpc) is 2.37. The van der Waals surface area contributed by atoms with E-state index in [1.54, 1.807) is 11.1 Å². The number of carbonyl (C=O) groups is 1. The summed E-state index contributed by atoms with van der Waals surface area (Å²) in [5.74, 6) is 0.962. The molecular weight excluding hydrogens is 254 g/mol. The van der Waals surface area contributed by atoms with Crippen molar-refractivity contribution in [3.8, 4) is 0 Å². The van der Waals surface area contributed by atoms with E-state index in [0.29, 0.717) is 13.1 Å². The highest BCUT2D eigenvalue weighted by atomic mass is 16.6. The second-order valence-electron chi connectivity index (χ2n) is 6.16. The van der Waals surface area contributed by atoms with Crippen molar-refractivity contribution in [3.05, 3.63) is 24.4 Å². The zero-order valence-electron chi connectivity index (χ0n) is 12.7. The standard InChI is InChI=1S/C15H23N3O2/c1-12-11-17(14(19)20-15(2,3)4)9-10-18(12)13-7-5-6-8-16-13/h5-8,12H,9-11H2,1-4H3. The van der Waals surface area contributed by atoms with Gasteiger partial charge in [-0.25, -0.2) is 9.78 Å². The summed E-state index contributed by atoms with van der Waals surface area (Å²) in [5, 5.41) is 0. The Morgan fingerprint density at radius 3 is 2.65 bits per heavy atom. The monoisotopic (exact) mass is 277 g/mol. The molecule has 1 aliphatic heterocycles. The molecule has 1 fully saturated rings. The Hall–Kier alpha value is -1.78. The van der Waals surface area contributed by atoms with E-state index in [1.807, 2.05) is 39.0 Å². The molecule has 1 aliphatic rings. The van der Waals surface area contributed by atoms with Gasteiger partial charge in [0.15, 0.2) is 0 Å². The minimum absolute atomic E-state index is 0.228. The lowest BCUT2D eigenvalue weighted by Gasteiger charge is -2.40. The first kappa shape index (κ1) is 14.6. The van der Waals surface area contributed by atoms with Gasteiger partial charge < -0.3 is 14.5 Å². The molecule has 1 aromatic heterocycles. The van der Waals surface area contributed by atoms with E-state index in [1.165, 1.54) is 0 Å². The third-order valence-corrected chi connectivity index (χ3v) is 3.22. The molecule has 0 saturated carbocycles. The zero-order valence-corrected chi connectivity index (χ0v) is 12.7. The summed E-state index contributed by atoms with van der Waals surface area (Å²) in [5.41, 5.74) is -0.446. The molecule has 110 valence electrons.